The van der Waals surface area contributed by atoms with Crippen molar-refractivity contribution in [2.24, 2.45) is 0 Å². The number of thiol groups is 1. The number of fused-ring (bicyclic) bond motifs is 1. The highest BCUT2D eigenvalue weighted by Gasteiger charge is 2.21. The molecule has 12 heavy (non-hydrogen) atoms. The molecule has 1 aliphatic rings. The topological polar surface area (TPSA) is 9.23 Å². The molecule has 2 rings (SSSR count). The van der Waals surface area contributed by atoms with Crippen LogP contribution in [0.15, 0.2) is 22.7 Å². The molecular formula is C9H9BrOS. The van der Waals surface area contributed by atoms with Crippen LogP contribution in [0.2, 0.25) is 0 Å². The summed E-state index contributed by atoms with van der Waals surface area (Å²) in [6.07, 6.45) is 1.25. The molecular weight excluding hydrogens is 236 g/mol. The first-order chi connectivity index (χ1) is 5.79. The number of hydrogen-bond donors (Lipinski definition) is 1. The molecule has 0 saturated carbocycles. The van der Waals surface area contributed by atoms with Crippen molar-refractivity contribution in [2.75, 3.05) is 5.75 Å². The lowest BCUT2D eigenvalue weighted by atomic mass is 10.1. The predicted octanol–water partition coefficient (Wildman–Crippen LogP) is 2.68. The molecule has 0 bridgehead atoms. The summed E-state index contributed by atoms with van der Waals surface area (Å²) in [7, 11) is 0. The molecule has 1 aromatic rings. The van der Waals surface area contributed by atoms with Gasteiger partial charge < -0.3 is 4.74 Å². The van der Waals surface area contributed by atoms with Gasteiger partial charge in [0.1, 0.15) is 11.9 Å². The molecule has 0 spiro atoms. The average molecular weight is 245 g/mol. The Morgan fingerprint density at radius 1 is 1.58 bits per heavy atom. The van der Waals surface area contributed by atoms with E-state index in [1.54, 1.807) is 0 Å². The van der Waals surface area contributed by atoms with Gasteiger partial charge >= 0.3 is 0 Å². The summed E-state index contributed by atoms with van der Waals surface area (Å²) in [5.41, 5.74) is 1.28. The van der Waals surface area contributed by atoms with Gasteiger partial charge in [0.05, 0.1) is 0 Å². The normalized spacial score (nSPS) is 20.3. The standard InChI is InChI=1S/C9H9BrOS/c10-7-1-2-9-6(3-7)4-8(5-12)11-9/h1-3,8,12H,4-5H2. The third kappa shape index (κ3) is 1.48. The number of hydrogen-bond acceptors (Lipinski definition) is 2. The Labute approximate surface area is 85.7 Å². The summed E-state index contributed by atoms with van der Waals surface area (Å²) in [5, 5.41) is 0. The number of ether oxygens (including phenoxy) is 1. The van der Waals surface area contributed by atoms with Crippen LogP contribution in [-0.4, -0.2) is 11.9 Å². The summed E-state index contributed by atoms with van der Waals surface area (Å²) < 4.78 is 6.73. The maximum absolute atomic E-state index is 5.61. The minimum atomic E-state index is 0.262. The molecule has 0 N–H and O–H groups in total. The van der Waals surface area contributed by atoms with Gasteiger partial charge in [-0.2, -0.15) is 12.6 Å². The van der Waals surface area contributed by atoms with Crippen LogP contribution in [0.3, 0.4) is 0 Å². The molecule has 1 nitrogen and oxygen atoms in total. The first-order valence-electron chi connectivity index (χ1n) is 3.85. The van der Waals surface area contributed by atoms with Crippen LogP contribution in [0.1, 0.15) is 5.56 Å². The van der Waals surface area contributed by atoms with Gasteiger partial charge in [-0.1, -0.05) is 15.9 Å². The van der Waals surface area contributed by atoms with Crippen LogP contribution in [0.5, 0.6) is 5.75 Å². The summed E-state index contributed by atoms with van der Waals surface area (Å²) in [6, 6.07) is 6.11. The van der Waals surface area contributed by atoms with Gasteiger partial charge in [-0.05, 0) is 23.8 Å². The van der Waals surface area contributed by atoms with Crippen molar-refractivity contribution >= 4 is 28.6 Å². The van der Waals surface area contributed by atoms with Crippen molar-refractivity contribution < 1.29 is 4.74 Å². The first-order valence-corrected chi connectivity index (χ1v) is 5.28. The minimum Gasteiger partial charge on any atom is -0.489 e. The molecule has 1 aromatic carbocycles. The number of benzene rings is 1. The van der Waals surface area contributed by atoms with E-state index in [9.17, 15) is 0 Å². The lowest BCUT2D eigenvalue weighted by Crippen LogP contribution is -2.13. The predicted molar refractivity (Wildman–Crippen MR) is 56.1 cm³/mol. The van der Waals surface area contributed by atoms with Gasteiger partial charge in [0.2, 0.25) is 0 Å². The first kappa shape index (κ1) is 8.45. The number of rotatable bonds is 1. The highest BCUT2D eigenvalue weighted by molar-refractivity contribution is 9.10. The SMILES string of the molecule is SCC1Cc2cc(Br)ccc2O1. The van der Waals surface area contributed by atoms with Gasteiger partial charge in [-0.3, -0.25) is 0 Å². The third-order valence-electron chi connectivity index (χ3n) is 1.97. The zero-order valence-corrected chi connectivity index (χ0v) is 8.94. The van der Waals surface area contributed by atoms with Crippen LogP contribution < -0.4 is 4.74 Å². The van der Waals surface area contributed by atoms with Crippen LogP contribution in [0, 0.1) is 0 Å². The largest absolute Gasteiger partial charge is 0.489 e. The Hall–Kier alpha value is -0.150. The summed E-state index contributed by atoms with van der Waals surface area (Å²) in [4.78, 5) is 0. The van der Waals surface area contributed by atoms with E-state index in [4.69, 9.17) is 4.74 Å². The van der Waals surface area contributed by atoms with Crippen molar-refractivity contribution in [3.8, 4) is 5.75 Å². The second-order valence-electron chi connectivity index (χ2n) is 2.88. The molecule has 64 valence electrons. The van der Waals surface area contributed by atoms with Gasteiger partial charge in [-0.25, -0.2) is 0 Å². The Morgan fingerprint density at radius 2 is 2.42 bits per heavy atom. The fourth-order valence-corrected chi connectivity index (χ4v) is 2.00. The molecule has 3 heteroatoms. The van der Waals surface area contributed by atoms with E-state index in [1.165, 1.54) is 5.56 Å². The van der Waals surface area contributed by atoms with E-state index in [2.05, 4.69) is 34.6 Å². The zero-order chi connectivity index (χ0) is 8.55. The quantitative estimate of drug-likeness (QED) is 0.748. The van der Waals surface area contributed by atoms with Crippen molar-refractivity contribution in [2.45, 2.75) is 12.5 Å². The number of halogens is 1. The summed E-state index contributed by atoms with van der Waals surface area (Å²) >= 11 is 7.64. The van der Waals surface area contributed by atoms with Gasteiger partial charge in [0.15, 0.2) is 0 Å². The second kappa shape index (κ2) is 3.30. The summed E-state index contributed by atoms with van der Waals surface area (Å²) in [6.45, 7) is 0. The van der Waals surface area contributed by atoms with Crippen molar-refractivity contribution in [1.82, 2.24) is 0 Å². The maximum Gasteiger partial charge on any atom is 0.123 e. The van der Waals surface area contributed by atoms with Gasteiger partial charge in [0, 0.05) is 16.6 Å². The molecule has 0 radical (unpaired) electrons. The molecule has 1 unspecified atom stereocenters. The molecule has 0 aromatic heterocycles. The van der Waals surface area contributed by atoms with E-state index in [-0.39, 0.29) is 6.10 Å². The maximum atomic E-state index is 5.61. The highest BCUT2D eigenvalue weighted by Crippen LogP contribution is 2.31. The van der Waals surface area contributed by atoms with E-state index < -0.39 is 0 Å². The van der Waals surface area contributed by atoms with Gasteiger partial charge in [-0.15, -0.1) is 0 Å². The van der Waals surface area contributed by atoms with Crippen LogP contribution in [0.4, 0.5) is 0 Å². The molecule has 0 amide bonds. The fourth-order valence-electron chi connectivity index (χ4n) is 1.39. The molecule has 1 aliphatic heterocycles. The van der Waals surface area contributed by atoms with Crippen molar-refractivity contribution in [1.29, 1.82) is 0 Å². The molecule has 1 atom stereocenters. The van der Waals surface area contributed by atoms with E-state index in [0.717, 1.165) is 22.4 Å². The second-order valence-corrected chi connectivity index (χ2v) is 4.16. The van der Waals surface area contributed by atoms with E-state index >= 15 is 0 Å². The smallest absolute Gasteiger partial charge is 0.123 e. The lowest BCUT2D eigenvalue weighted by molar-refractivity contribution is 0.260. The van der Waals surface area contributed by atoms with E-state index in [0.29, 0.717) is 0 Å². The molecule has 0 fully saturated rings. The van der Waals surface area contributed by atoms with Crippen LogP contribution in [-0.2, 0) is 6.42 Å². The Balaban J connectivity index is 2.30. The lowest BCUT2D eigenvalue weighted by Gasteiger charge is -2.04. The molecule has 0 aliphatic carbocycles. The Kier molecular flexibility index (Phi) is 2.33. The highest BCUT2D eigenvalue weighted by atomic mass is 79.9. The molecule has 0 saturated heterocycles. The van der Waals surface area contributed by atoms with Crippen LogP contribution in [0.25, 0.3) is 0 Å². The van der Waals surface area contributed by atoms with Crippen molar-refractivity contribution in [3.63, 3.8) is 0 Å². The zero-order valence-electron chi connectivity index (χ0n) is 6.46. The monoisotopic (exact) mass is 244 g/mol. The fraction of sp³-hybridized carbons (Fsp3) is 0.333. The Morgan fingerprint density at radius 3 is 3.17 bits per heavy atom. The summed E-state index contributed by atoms with van der Waals surface area (Å²) in [5.74, 6) is 1.80. The van der Waals surface area contributed by atoms with E-state index in [1.807, 2.05) is 12.1 Å². The van der Waals surface area contributed by atoms with Crippen LogP contribution >= 0.6 is 28.6 Å². The molecule has 1 heterocycles. The average Bonchev–Trinajstić information content (AvgIpc) is 2.46. The van der Waals surface area contributed by atoms with Gasteiger partial charge in [0.25, 0.3) is 0 Å². The Bertz CT molecular complexity index is 301. The van der Waals surface area contributed by atoms with Crippen molar-refractivity contribution in [3.05, 3.63) is 28.2 Å². The third-order valence-corrected chi connectivity index (χ3v) is 2.87. The minimum absolute atomic E-state index is 0.262.